The molecule has 0 bridgehead atoms. The van der Waals surface area contributed by atoms with Crippen LogP contribution >= 0.6 is 11.3 Å². The Morgan fingerprint density at radius 1 is 1.35 bits per heavy atom. The van der Waals surface area contributed by atoms with Crippen molar-refractivity contribution in [3.05, 3.63) is 46.0 Å². The zero-order valence-electron chi connectivity index (χ0n) is 14.9. The van der Waals surface area contributed by atoms with Gasteiger partial charge >= 0.3 is 0 Å². The lowest BCUT2D eigenvalue weighted by molar-refractivity contribution is -0.121. The van der Waals surface area contributed by atoms with Crippen molar-refractivity contribution in [2.45, 2.75) is 33.4 Å². The van der Waals surface area contributed by atoms with Crippen LogP contribution in [0, 0.1) is 0 Å². The van der Waals surface area contributed by atoms with Crippen molar-refractivity contribution in [1.29, 1.82) is 0 Å². The molecule has 3 rings (SSSR count). The van der Waals surface area contributed by atoms with Crippen molar-refractivity contribution in [2.75, 3.05) is 18.0 Å². The molecular weight excluding hydrogens is 352 g/mol. The molecule has 0 spiro atoms. The van der Waals surface area contributed by atoms with E-state index in [1.54, 1.807) is 23.0 Å². The maximum Gasteiger partial charge on any atom is 0.272 e. The number of carbonyl (C=O) groups is 1. The fourth-order valence-electron chi connectivity index (χ4n) is 2.78. The van der Waals surface area contributed by atoms with Gasteiger partial charge in [-0.05, 0) is 37.4 Å². The van der Waals surface area contributed by atoms with Gasteiger partial charge in [0.15, 0.2) is 0 Å². The first kappa shape index (κ1) is 18.2. The maximum atomic E-state index is 12.9. The normalized spacial score (nSPS) is 11.0. The summed E-state index contributed by atoms with van der Waals surface area (Å²) in [7, 11) is 0. The van der Waals surface area contributed by atoms with E-state index in [0.29, 0.717) is 28.5 Å². The molecule has 0 atom stereocenters. The van der Waals surface area contributed by atoms with E-state index < -0.39 is 0 Å². The van der Waals surface area contributed by atoms with Crippen LogP contribution in [-0.2, 0) is 17.9 Å². The Hall–Kier alpha value is -2.61. The molecule has 1 amide bonds. The summed E-state index contributed by atoms with van der Waals surface area (Å²) in [6.07, 6.45) is 1.77. The van der Waals surface area contributed by atoms with Gasteiger partial charge in [0, 0.05) is 26.1 Å². The summed E-state index contributed by atoms with van der Waals surface area (Å²) in [6.45, 7) is 6.15. The van der Waals surface area contributed by atoms with Crippen molar-refractivity contribution < 1.29 is 9.21 Å². The number of fused-ring (bicyclic) bond motifs is 1. The first-order valence-corrected chi connectivity index (χ1v) is 9.54. The number of anilines is 1. The smallest absolute Gasteiger partial charge is 0.272 e. The van der Waals surface area contributed by atoms with Crippen LogP contribution in [0.4, 0.5) is 5.95 Å². The summed E-state index contributed by atoms with van der Waals surface area (Å²) < 4.78 is 7.43. The fraction of sp³-hybridized carbons (Fsp3) is 0.389. The van der Waals surface area contributed by atoms with Gasteiger partial charge < -0.3 is 14.6 Å². The molecule has 0 radical (unpaired) electrons. The van der Waals surface area contributed by atoms with Gasteiger partial charge in [0.2, 0.25) is 11.9 Å². The van der Waals surface area contributed by atoms with Crippen molar-refractivity contribution in [3.63, 3.8) is 0 Å². The lowest BCUT2D eigenvalue weighted by Gasteiger charge is -2.23. The van der Waals surface area contributed by atoms with Crippen LogP contribution in [0.2, 0.25) is 0 Å². The minimum absolute atomic E-state index is 0.0919. The molecule has 0 aliphatic carbocycles. The standard InChI is InChI=1S/C18H22N4O3S/c1-3-21(4-2)18-20-14-8-11-26-16(14)17(24)22(18)9-7-15(23)19-12-13-6-5-10-25-13/h5-6,8,10-11H,3-4,7,9,12H2,1-2H3,(H,19,23). The zero-order chi connectivity index (χ0) is 18.5. The van der Waals surface area contributed by atoms with E-state index in [9.17, 15) is 9.59 Å². The minimum atomic E-state index is -0.134. The molecule has 3 heterocycles. The monoisotopic (exact) mass is 374 g/mol. The predicted octanol–water partition coefficient (Wildman–Crippen LogP) is 2.60. The topological polar surface area (TPSA) is 80.4 Å². The van der Waals surface area contributed by atoms with E-state index in [0.717, 1.165) is 13.1 Å². The molecular formula is C18H22N4O3S. The van der Waals surface area contributed by atoms with E-state index in [-0.39, 0.29) is 24.4 Å². The van der Waals surface area contributed by atoms with Gasteiger partial charge in [-0.25, -0.2) is 4.98 Å². The largest absolute Gasteiger partial charge is 0.467 e. The van der Waals surface area contributed by atoms with Gasteiger partial charge in [0.1, 0.15) is 10.5 Å². The number of furan rings is 1. The number of carbonyl (C=O) groups excluding carboxylic acids is 1. The number of amides is 1. The zero-order valence-corrected chi connectivity index (χ0v) is 15.7. The Kier molecular flexibility index (Phi) is 5.72. The number of thiophene rings is 1. The number of nitrogens with zero attached hydrogens (tertiary/aromatic N) is 3. The van der Waals surface area contributed by atoms with E-state index in [4.69, 9.17) is 4.42 Å². The van der Waals surface area contributed by atoms with Crippen molar-refractivity contribution in [2.24, 2.45) is 0 Å². The highest BCUT2D eigenvalue weighted by molar-refractivity contribution is 7.17. The summed E-state index contributed by atoms with van der Waals surface area (Å²) in [5.41, 5.74) is 0.617. The molecule has 0 aliphatic heterocycles. The Labute approximate surface area is 155 Å². The number of aromatic nitrogens is 2. The lowest BCUT2D eigenvalue weighted by Crippen LogP contribution is -2.34. The first-order valence-electron chi connectivity index (χ1n) is 8.66. The van der Waals surface area contributed by atoms with Crippen LogP contribution in [0.5, 0.6) is 0 Å². The van der Waals surface area contributed by atoms with Crippen LogP contribution in [0.15, 0.2) is 39.1 Å². The quantitative estimate of drug-likeness (QED) is 0.655. The Morgan fingerprint density at radius 3 is 2.85 bits per heavy atom. The summed E-state index contributed by atoms with van der Waals surface area (Å²) in [5, 5.41) is 4.67. The average molecular weight is 374 g/mol. The molecule has 0 fully saturated rings. The van der Waals surface area contributed by atoms with Crippen LogP contribution in [0.3, 0.4) is 0 Å². The number of hydrogen-bond donors (Lipinski definition) is 1. The van der Waals surface area contributed by atoms with E-state index >= 15 is 0 Å². The highest BCUT2D eigenvalue weighted by Gasteiger charge is 2.16. The summed E-state index contributed by atoms with van der Waals surface area (Å²) in [5.74, 6) is 1.18. The molecule has 0 unspecified atom stereocenters. The lowest BCUT2D eigenvalue weighted by atomic mass is 10.3. The van der Waals surface area contributed by atoms with Gasteiger partial charge in [-0.1, -0.05) is 0 Å². The highest BCUT2D eigenvalue weighted by atomic mass is 32.1. The van der Waals surface area contributed by atoms with Crippen molar-refractivity contribution in [1.82, 2.24) is 14.9 Å². The van der Waals surface area contributed by atoms with Gasteiger partial charge in [-0.15, -0.1) is 11.3 Å². The number of rotatable bonds is 8. The molecule has 138 valence electrons. The molecule has 7 nitrogen and oxygen atoms in total. The highest BCUT2D eigenvalue weighted by Crippen LogP contribution is 2.19. The first-order chi connectivity index (χ1) is 12.6. The third-order valence-electron chi connectivity index (χ3n) is 4.19. The molecule has 0 saturated carbocycles. The second-order valence-electron chi connectivity index (χ2n) is 5.78. The van der Waals surface area contributed by atoms with Crippen LogP contribution in [-0.4, -0.2) is 28.5 Å². The summed E-state index contributed by atoms with van der Waals surface area (Å²) in [6, 6.07) is 5.44. The third-order valence-corrected chi connectivity index (χ3v) is 5.09. The predicted molar refractivity (Wildman–Crippen MR) is 103 cm³/mol. The Morgan fingerprint density at radius 2 is 2.15 bits per heavy atom. The average Bonchev–Trinajstić information content (AvgIpc) is 3.32. The summed E-state index contributed by atoms with van der Waals surface area (Å²) >= 11 is 1.38. The fourth-order valence-corrected chi connectivity index (χ4v) is 3.56. The minimum Gasteiger partial charge on any atom is -0.467 e. The molecule has 0 aromatic carbocycles. The Balaban J connectivity index is 1.79. The van der Waals surface area contributed by atoms with Crippen LogP contribution < -0.4 is 15.8 Å². The molecule has 26 heavy (non-hydrogen) atoms. The maximum absolute atomic E-state index is 12.9. The molecule has 8 heteroatoms. The SMILES string of the molecule is CCN(CC)c1nc2ccsc2c(=O)n1CCC(=O)NCc1ccco1. The van der Waals surface area contributed by atoms with E-state index in [1.807, 2.05) is 30.2 Å². The molecule has 1 N–H and O–H groups in total. The van der Waals surface area contributed by atoms with Gasteiger partial charge in [-0.3, -0.25) is 14.2 Å². The number of nitrogens with one attached hydrogen (secondary N) is 1. The second kappa shape index (κ2) is 8.18. The molecule has 0 aliphatic rings. The van der Waals surface area contributed by atoms with Gasteiger partial charge in [0.05, 0.1) is 18.3 Å². The van der Waals surface area contributed by atoms with E-state index in [2.05, 4.69) is 10.3 Å². The van der Waals surface area contributed by atoms with Crippen LogP contribution in [0.25, 0.3) is 10.2 Å². The van der Waals surface area contributed by atoms with Crippen molar-refractivity contribution in [3.8, 4) is 0 Å². The van der Waals surface area contributed by atoms with E-state index in [1.165, 1.54) is 11.3 Å². The van der Waals surface area contributed by atoms with Crippen molar-refractivity contribution >= 4 is 33.4 Å². The molecule has 3 aromatic rings. The second-order valence-corrected chi connectivity index (χ2v) is 6.70. The van der Waals surface area contributed by atoms with Crippen LogP contribution in [0.1, 0.15) is 26.0 Å². The summed E-state index contributed by atoms with van der Waals surface area (Å²) in [4.78, 5) is 31.7. The Bertz CT molecular complexity index is 926. The van der Waals surface area contributed by atoms with Gasteiger partial charge in [-0.2, -0.15) is 0 Å². The number of hydrogen-bond acceptors (Lipinski definition) is 6. The molecule has 0 saturated heterocycles. The molecule has 3 aromatic heterocycles. The van der Waals surface area contributed by atoms with Gasteiger partial charge in [0.25, 0.3) is 5.56 Å². The third kappa shape index (κ3) is 3.80.